The van der Waals surface area contributed by atoms with Gasteiger partial charge in [0.1, 0.15) is 0 Å². The third-order valence-electron chi connectivity index (χ3n) is 1.78. The average Bonchev–Trinajstić information content (AvgIpc) is 2.05. The van der Waals surface area contributed by atoms with E-state index in [9.17, 15) is 0 Å². The van der Waals surface area contributed by atoms with Gasteiger partial charge in [-0.05, 0) is 33.2 Å². The van der Waals surface area contributed by atoms with Crippen LogP contribution in [0.3, 0.4) is 0 Å². The van der Waals surface area contributed by atoms with E-state index in [0.717, 1.165) is 12.8 Å². The lowest BCUT2D eigenvalue weighted by molar-refractivity contribution is 0.533. The van der Waals surface area contributed by atoms with Crippen molar-refractivity contribution in [2.45, 2.75) is 32.2 Å². The molecule has 0 spiro atoms. The van der Waals surface area contributed by atoms with Gasteiger partial charge in [0, 0.05) is 6.04 Å². The summed E-state index contributed by atoms with van der Waals surface area (Å²) in [6.07, 6.45) is 9.68. The SMILES string of the molecule is C=CCCC(C/C=C/C)NC. The van der Waals surface area contributed by atoms with Crippen LogP contribution in [0.25, 0.3) is 0 Å². The summed E-state index contributed by atoms with van der Waals surface area (Å²) >= 11 is 0. The highest BCUT2D eigenvalue weighted by Gasteiger charge is 2.00. The molecule has 0 heterocycles. The largest absolute Gasteiger partial charge is 0.317 e. The molecule has 1 atom stereocenters. The normalized spacial score (nSPS) is 13.6. The molecule has 1 N–H and O–H groups in total. The second kappa shape index (κ2) is 7.55. The van der Waals surface area contributed by atoms with Gasteiger partial charge in [-0.25, -0.2) is 0 Å². The van der Waals surface area contributed by atoms with Crippen LogP contribution >= 0.6 is 0 Å². The first-order valence-electron chi connectivity index (χ1n) is 4.24. The molecule has 0 fully saturated rings. The Hall–Kier alpha value is -0.560. The second-order valence-corrected chi connectivity index (χ2v) is 2.66. The van der Waals surface area contributed by atoms with Crippen LogP contribution in [0.5, 0.6) is 0 Å². The fourth-order valence-electron chi connectivity index (χ4n) is 0.999. The Bertz CT molecular complexity index is 116. The molecule has 0 aliphatic heterocycles. The van der Waals surface area contributed by atoms with Crippen molar-refractivity contribution in [3.63, 3.8) is 0 Å². The molecule has 0 radical (unpaired) electrons. The third kappa shape index (κ3) is 5.86. The summed E-state index contributed by atoms with van der Waals surface area (Å²) in [5, 5.41) is 3.27. The molecule has 0 aromatic carbocycles. The van der Waals surface area contributed by atoms with Crippen LogP contribution in [0.15, 0.2) is 24.8 Å². The van der Waals surface area contributed by atoms with Crippen LogP contribution in [0, 0.1) is 0 Å². The Kier molecular flexibility index (Phi) is 7.16. The molecule has 0 amide bonds. The molecule has 0 rings (SSSR count). The van der Waals surface area contributed by atoms with Gasteiger partial charge < -0.3 is 5.32 Å². The zero-order valence-electron chi connectivity index (χ0n) is 7.64. The summed E-state index contributed by atoms with van der Waals surface area (Å²) < 4.78 is 0. The summed E-state index contributed by atoms with van der Waals surface area (Å²) in [5.74, 6) is 0. The number of rotatable bonds is 6. The van der Waals surface area contributed by atoms with Gasteiger partial charge >= 0.3 is 0 Å². The van der Waals surface area contributed by atoms with E-state index < -0.39 is 0 Å². The van der Waals surface area contributed by atoms with E-state index in [4.69, 9.17) is 0 Å². The van der Waals surface area contributed by atoms with Gasteiger partial charge in [-0.2, -0.15) is 0 Å². The lowest BCUT2D eigenvalue weighted by Crippen LogP contribution is -2.23. The van der Waals surface area contributed by atoms with E-state index in [2.05, 4.69) is 31.0 Å². The maximum atomic E-state index is 3.70. The van der Waals surface area contributed by atoms with Crippen molar-refractivity contribution in [3.05, 3.63) is 24.8 Å². The Balaban J connectivity index is 3.48. The Morgan fingerprint density at radius 1 is 1.55 bits per heavy atom. The van der Waals surface area contributed by atoms with Crippen LogP contribution in [-0.2, 0) is 0 Å². The Morgan fingerprint density at radius 2 is 2.27 bits per heavy atom. The van der Waals surface area contributed by atoms with Gasteiger partial charge in [-0.3, -0.25) is 0 Å². The summed E-state index contributed by atoms with van der Waals surface area (Å²) in [7, 11) is 2.01. The molecular formula is C10H19N. The maximum absolute atomic E-state index is 3.70. The first-order valence-corrected chi connectivity index (χ1v) is 4.24. The Labute approximate surface area is 70.2 Å². The zero-order valence-corrected chi connectivity index (χ0v) is 7.64. The minimum absolute atomic E-state index is 0.615. The van der Waals surface area contributed by atoms with Crippen LogP contribution in [0.2, 0.25) is 0 Å². The highest BCUT2D eigenvalue weighted by Crippen LogP contribution is 2.02. The van der Waals surface area contributed by atoms with E-state index >= 15 is 0 Å². The van der Waals surface area contributed by atoms with Gasteiger partial charge in [-0.15, -0.1) is 6.58 Å². The van der Waals surface area contributed by atoms with E-state index in [1.807, 2.05) is 13.1 Å². The lowest BCUT2D eigenvalue weighted by Gasteiger charge is -2.11. The minimum Gasteiger partial charge on any atom is -0.317 e. The van der Waals surface area contributed by atoms with Crippen LogP contribution in [-0.4, -0.2) is 13.1 Å². The third-order valence-corrected chi connectivity index (χ3v) is 1.78. The van der Waals surface area contributed by atoms with Crippen molar-refractivity contribution in [2.24, 2.45) is 0 Å². The van der Waals surface area contributed by atoms with Crippen molar-refractivity contribution in [2.75, 3.05) is 7.05 Å². The predicted octanol–water partition coefficient (Wildman–Crippen LogP) is 2.51. The fraction of sp³-hybridized carbons (Fsp3) is 0.600. The number of hydrogen-bond donors (Lipinski definition) is 1. The average molecular weight is 153 g/mol. The second-order valence-electron chi connectivity index (χ2n) is 2.66. The molecule has 0 aliphatic carbocycles. The minimum atomic E-state index is 0.615. The van der Waals surface area contributed by atoms with E-state index in [1.165, 1.54) is 6.42 Å². The molecule has 0 saturated heterocycles. The highest BCUT2D eigenvalue weighted by atomic mass is 14.9. The quantitative estimate of drug-likeness (QED) is 0.578. The van der Waals surface area contributed by atoms with Crippen LogP contribution in [0.4, 0.5) is 0 Å². The van der Waals surface area contributed by atoms with Crippen molar-refractivity contribution in [1.29, 1.82) is 0 Å². The van der Waals surface area contributed by atoms with Crippen molar-refractivity contribution in [1.82, 2.24) is 5.32 Å². The van der Waals surface area contributed by atoms with Crippen molar-refractivity contribution >= 4 is 0 Å². The lowest BCUT2D eigenvalue weighted by atomic mass is 10.1. The van der Waals surface area contributed by atoms with E-state index in [1.54, 1.807) is 0 Å². The van der Waals surface area contributed by atoms with E-state index in [-0.39, 0.29) is 0 Å². The molecular weight excluding hydrogens is 134 g/mol. The van der Waals surface area contributed by atoms with Crippen LogP contribution < -0.4 is 5.32 Å². The monoisotopic (exact) mass is 153 g/mol. The van der Waals surface area contributed by atoms with E-state index in [0.29, 0.717) is 6.04 Å². The number of nitrogens with one attached hydrogen (secondary N) is 1. The van der Waals surface area contributed by atoms with Gasteiger partial charge in [0.05, 0.1) is 0 Å². The smallest absolute Gasteiger partial charge is 0.0101 e. The van der Waals surface area contributed by atoms with Crippen molar-refractivity contribution in [3.8, 4) is 0 Å². The molecule has 0 saturated carbocycles. The molecule has 1 unspecified atom stereocenters. The summed E-state index contributed by atoms with van der Waals surface area (Å²) in [6, 6.07) is 0.615. The molecule has 0 aromatic rings. The first-order chi connectivity index (χ1) is 5.35. The summed E-state index contributed by atoms with van der Waals surface area (Å²) in [6.45, 7) is 5.76. The number of allylic oxidation sites excluding steroid dienone is 2. The number of hydrogen-bond acceptors (Lipinski definition) is 1. The van der Waals surface area contributed by atoms with Gasteiger partial charge in [0.2, 0.25) is 0 Å². The molecule has 0 aromatic heterocycles. The summed E-state index contributed by atoms with van der Waals surface area (Å²) in [4.78, 5) is 0. The van der Waals surface area contributed by atoms with Gasteiger partial charge in [0.15, 0.2) is 0 Å². The standard InChI is InChI=1S/C10H19N/c1-4-6-8-10(11-3)9-7-5-2/h4-5,7,10-11H,1,6,8-9H2,2-3H3/b7-5+. The molecule has 11 heavy (non-hydrogen) atoms. The van der Waals surface area contributed by atoms with Crippen molar-refractivity contribution < 1.29 is 0 Å². The van der Waals surface area contributed by atoms with Gasteiger partial charge in [-0.1, -0.05) is 18.2 Å². The molecule has 0 aliphatic rings. The molecule has 1 nitrogen and oxygen atoms in total. The fourth-order valence-corrected chi connectivity index (χ4v) is 0.999. The molecule has 1 heteroatoms. The maximum Gasteiger partial charge on any atom is 0.0101 e. The topological polar surface area (TPSA) is 12.0 Å². The highest BCUT2D eigenvalue weighted by molar-refractivity contribution is 4.84. The summed E-state index contributed by atoms with van der Waals surface area (Å²) in [5.41, 5.74) is 0. The van der Waals surface area contributed by atoms with Crippen LogP contribution in [0.1, 0.15) is 26.2 Å². The molecule has 64 valence electrons. The predicted molar refractivity (Wildman–Crippen MR) is 51.7 cm³/mol. The first kappa shape index (κ1) is 10.4. The Morgan fingerprint density at radius 3 is 2.73 bits per heavy atom. The zero-order chi connectivity index (χ0) is 8.53. The van der Waals surface area contributed by atoms with Gasteiger partial charge in [0.25, 0.3) is 0 Å². The molecule has 0 bridgehead atoms.